The summed E-state index contributed by atoms with van der Waals surface area (Å²) in [5.41, 5.74) is 5.32. The van der Waals surface area contributed by atoms with E-state index in [-0.39, 0.29) is 5.91 Å². The van der Waals surface area contributed by atoms with Gasteiger partial charge in [-0.2, -0.15) is 0 Å². The van der Waals surface area contributed by atoms with E-state index in [1.54, 1.807) is 0 Å². The standard InChI is InChI=1S/C22H19N3OS/c1-15-8-9-18(12-16(15)2)23-22-24-21(26)20(27-22)13-17-10-11-25(14-17)19-6-4-3-5-7-19/h3-14H,1-2H3,(H,23,24,26)/b20-13+. The van der Waals surface area contributed by atoms with Gasteiger partial charge in [0.05, 0.1) is 10.6 Å². The van der Waals surface area contributed by atoms with Gasteiger partial charge in [-0.15, -0.1) is 0 Å². The van der Waals surface area contributed by atoms with Crippen molar-refractivity contribution in [2.75, 3.05) is 0 Å². The molecule has 1 aliphatic rings. The number of nitrogens with one attached hydrogen (secondary N) is 1. The second-order valence-electron chi connectivity index (χ2n) is 6.44. The first kappa shape index (κ1) is 17.4. The monoisotopic (exact) mass is 373 g/mol. The maximum absolute atomic E-state index is 12.3. The second kappa shape index (κ2) is 7.29. The van der Waals surface area contributed by atoms with Gasteiger partial charge in [-0.3, -0.25) is 4.79 Å². The molecular formula is C22H19N3OS. The summed E-state index contributed by atoms with van der Waals surface area (Å²) in [4.78, 5) is 17.5. The minimum absolute atomic E-state index is 0.116. The van der Waals surface area contributed by atoms with Gasteiger partial charge in [-0.1, -0.05) is 24.3 Å². The van der Waals surface area contributed by atoms with Gasteiger partial charge in [0.1, 0.15) is 0 Å². The number of aliphatic imine (C=N–C) groups is 1. The number of carbonyl (C=O) groups excluding carboxylic acids is 1. The number of amidine groups is 1. The lowest BCUT2D eigenvalue weighted by Crippen LogP contribution is -2.19. The molecule has 0 aliphatic carbocycles. The summed E-state index contributed by atoms with van der Waals surface area (Å²) in [5, 5.41) is 3.45. The Hall–Kier alpha value is -3.05. The molecule has 1 aromatic heterocycles. The topological polar surface area (TPSA) is 46.4 Å². The van der Waals surface area contributed by atoms with E-state index in [1.807, 2.05) is 77.6 Å². The first-order valence-electron chi connectivity index (χ1n) is 8.69. The van der Waals surface area contributed by atoms with Crippen LogP contribution in [0.25, 0.3) is 11.8 Å². The maximum Gasteiger partial charge on any atom is 0.264 e. The van der Waals surface area contributed by atoms with E-state index < -0.39 is 0 Å². The Balaban J connectivity index is 1.55. The lowest BCUT2D eigenvalue weighted by atomic mass is 10.1. The van der Waals surface area contributed by atoms with Crippen LogP contribution in [0.4, 0.5) is 5.69 Å². The van der Waals surface area contributed by atoms with E-state index in [9.17, 15) is 4.79 Å². The minimum Gasteiger partial charge on any atom is -0.323 e. The van der Waals surface area contributed by atoms with Crippen LogP contribution >= 0.6 is 11.8 Å². The Morgan fingerprint density at radius 1 is 1.04 bits per heavy atom. The molecule has 0 unspecified atom stereocenters. The molecule has 4 nitrogen and oxygen atoms in total. The summed E-state index contributed by atoms with van der Waals surface area (Å²) < 4.78 is 2.04. The molecule has 1 fully saturated rings. The summed E-state index contributed by atoms with van der Waals surface area (Å²) in [7, 11) is 0. The van der Waals surface area contributed by atoms with E-state index in [0.717, 1.165) is 16.9 Å². The third kappa shape index (κ3) is 3.88. The molecule has 0 radical (unpaired) electrons. The van der Waals surface area contributed by atoms with Crippen molar-refractivity contribution in [3.63, 3.8) is 0 Å². The van der Waals surface area contributed by atoms with Crippen molar-refractivity contribution in [3.8, 4) is 5.69 Å². The highest BCUT2D eigenvalue weighted by molar-refractivity contribution is 8.18. The van der Waals surface area contributed by atoms with Crippen LogP contribution in [-0.2, 0) is 4.79 Å². The minimum atomic E-state index is -0.116. The third-order valence-electron chi connectivity index (χ3n) is 4.44. The zero-order valence-electron chi connectivity index (χ0n) is 15.1. The van der Waals surface area contributed by atoms with Crippen molar-refractivity contribution >= 4 is 34.6 Å². The largest absolute Gasteiger partial charge is 0.323 e. The summed E-state index contributed by atoms with van der Waals surface area (Å²) in [6, 6.07) is 18.1. The number of hydrogen-bond donors (Lipinski definition) is 1. The summed E-state index contributed by atoms with van der Waals surface area (Å²) >= 11 is 1.36. The molecule has 5 heteroatoms. The van der Waals surface area contributed by atoms with Crippen molar-refractivity contribution in [1.82, 2.24) is 9.88 Å². The van der Waals surface area contributed by atoms with Crippen LogP contribution in [0.5, 0.6) is 0 Å². The van der Waals surface area contributed by atoms with E-state index in [1.165, 1.54) is 22.9 Å². The maximum atomic E-state index is 12.3. The van der Waals surface area contributed by atoms with Crippen molar-refractivity contribution in [2.24, 2.45) is 4.99 Å². The van der Waals surface area contributed by atoms with Crippen LogP contribution in [0.3, 0.4) is 0 Å². The zero-order valence-corrected chi connectivity index (χ0v) is 16.0. The molecule has 3 aromatic rings. The highest BCUT2D eigenvalue weighted by Crippen LogP contribution is 2.29. The number of aromatic nitrogens is 1. The van der Waals surface area contributed by atoms with Gasteiger partial charge in [0, 0.05) is 18.1 Å². The van der Waals surface area contributed by atoms with Crippen LogP contribution in [0.2, 0.25) is 0 Å². The van der Waals surface area contributed by atoms with E-state index >= 15 is 0 Å². The van der Waals surface area contributed by atoms with Crippen molar-refractivity contribution < 1.29 is 4.79 Å². The highest BCUT2D eigenvalue weighted by atomic mass is 32.2. The first-order valence-corrected chi connectivity index (χ1v) is 9.50. The van der Waals surface area contributed by atoms with Crippen LogP contribution in [0.15, 0.2) is 76.9 Å². The Bertz CT molecular complexity index is 1060. The van der Waals surface area contributed by atoms with Gasteiger partial charge in [-0.05, 0) is 78.7 Å². The number of benzene rings is 2. The summed E-state index contributed by atoms with van der Waals surface area (Å²) in [6.45, 7) is 4.13. The normalized spacial score (nSPS) is 16.9. The van der Waals surface area contributed by atoms with Gasteiger partial charge >= 0.3 is 0 Å². The average molecular weight is 373 g/mol. The predicted octanol–water partition coefficient (Wildman–Crippen LogP) is 4.99. The molecular weight excluding hydrogens is 354 g/mol. The number of para-hydroxylation sites is 1. The Morgan fingerprint density at radius 3 is 2.63 bits per heavy atom. The van der Waals surface area contributed by atoms with Crippen molar-refractivity contribution in [1.29, 1.82) is 0 Å². The molecule has 2 heterocycles. The SMILES string of the molecule is Cc1ccc(N=C2NC(=O)/C(=C\c3ccn(-c4ccccc4)c3)S2)cc1C. The number of nitrogens with zero attached hydrogens (tertiary/aromatic N) is 2. The Labute approximate surface area is 162 Å². The molecule has 0 saturated carbocycles. The first-order chi connectivity index (χ1) is 13.1. The fourth-order valence-electron chi connectivity index (χ4n) is 2.80. The quantitative estimate of drug-likeness (QED) is 0.658. The molecule has 0 atom stereocenters. The van der Waals surface area contributed by atoms with E-state index in [4.69, 9.17) is 0 Å². The highest BCUT2D eigenvalue weighted by Gasteiger charge is 2.23. The zero-order chi connectivity index (χ0) is 18.8. The van der Waals surface area contributed by atoms with Crippen LogP contribution < -0.4 is 5.32 Å². The molecule has 0 spiro atoms. The molecule has 1 N–H and O–H groups in total. The smallest absolute Gasteiger partial charge is 0.264 e. The summed E-state index contributed by atoms with van der Waals surface area (Å²) in [6.07, 6.45) is 5.89. The van der Waals surface area contributed by atoms with Crippen molar-refractivity contribution in [2.45, 2.75) is 13.8 Å². The fourth-order valence-corrected chi connectivity index (χ4v) is 3.65. The summed E-state index contributed by atoms with van der Waals surface area (Å²) in [5.74, 6) is -0.116. The lowest BCUT2D eigenvalue weighted by molar-refractivity contribution is -0.115. The van der Waals surface area contributed by atoms with Crippen molar-refractivity contribution in [3.05, 3.63) is 88.6 Å². The molecule has 1 amide bonds. The van der Waals surface area contributed by atoms with Crippen LogP contribution in [0.1, 0.15) is 16.7 Å². The van der Waals surface area contributed by atoms with Gasteiger partial charge in [0.25, 0.3) is 5.91 Å². The molecule has 4 rings (SSSR count). The molecule has 2 aromatic carbocycles. The van der Waals surface area contributed by atoms with E-state index in [2.05, 4.69) is 24.2 Å². The number of rotatable bonds is 3. The van der Waals surface area contributed by atoms with Gasteiger partial charge in [0.15, 0.2) is 5.17 Å². The predicted molar refractivity (Wildman–Crippen MR) is 112 cm³/mol. The molecule has 134 valence electrons. The Kier molecular flexibility index (Phi) is 4.69. The lowest BCUT2D eigenvalue weighted by Gasteiger charge is -2.01. The van der Waals surface area contributed by atoms with Crippen LogP contribution in [0, 0.1) is 13.8 Å². The number of thioether (sulfide) groups is 1. The van der Waals surface area contributed by atoms with E-state index in [0.29, 0.717) is 10.1 Å². The molecule has 0 bridgehead atoms. The van der Waals surface area contributed by atoms with Crippen LogP contribution in [-0.4, -0.2) is 15.6 Å². The van der Waals surface area contributed by atoms with Gasteiger partial charge < -0.3 is 9.88 Å². The molecule has 27 heavy (non-hydrogen) atoms. The molecule has 1 aliphatic heterocycles. The number of amides is 1. The second-order valence-corrected chi connectivity index (χ2v) is 7.47. The number of hydrogen-bond acceptors (Lipinski definition) is 3. The number of carbonyl (C=O) groups is 1. The molecule has 1 saturated heterocycles. The van der Waals surface area contributed by atoms with Gasteiger partial charge in [0.2, 0.25) is 0 Å². The average Bonchev–Trinajstić information content (AvgIpc) is 3.26. The fraction of sp³-hybridized carbons (Fsp3) is 0.0909. The van der Waals surface area contributed by atoms with Gasteiger partial charge in [-0.25, -0.2) is 4.99 Å². The Morgan fingerprint density at radius 2 is 1.85 bits per heavy atom. The third-order valence-corrected chi connectivity index (χ3v) is 5.35. The number of aryl methyl sites for hydroxylation is 2.